The van der Waals surface area contributed by atoms with Crippen LogP contribution < -0.4 is 0 Å². The third-order valence-electron chi connectivity index (χ3n) is 3.58. The molecule has 4 nitrogen and oxygen atoms in total. The summed E-state index contributed by atoms with van der Waals surface area (Å²) in [5, 5.41) is 0.751. The number of benzene rings is 2. The Morgan fingerprint density at radius 2 is 2.00 bits per heavy atom. The molecule has 0 amide bonds. The zero-order chi connectivity index (χ0) is 18.4. The van der Waals surface area contributed by atoms with Crippen molar-refractivity contribution in [2.45, 2.75) is 17.5 Å². The Balaban J connectivity index is 1.70. The van der Waals surface area contributed by atoms with Gasteiger partial charge in [0.2, 0.25) is 0 Å². The molecule has 0 fully saturated rings. The highest BCUT2D eigenvalue weighted by Gasteiger charge is 2.19. The number of hydrogen-bond acceptors (Lipinski definition) is 4. The van der Waals surface area contributed by atoms with Gasteiger partial charge in [-0.05, 0) is 30.3 Å². The molecular weight excluding hydrogens is 391 g/mol. The molecule has 0 saturated heterocycles. The molecule has 0 N–H and O–H groups in total. The molecule has 0 aliphatic heterocycles. The Morgan fingerprint density at radius 1 is 1.19 bits per heavy atom. The van der Waals surface area contributed by atoms with Crippen LogP contribution in [0.2, 0.25) is 10.0 Å². The maximum absolute atomic E-state index is 12.5. The lowest BCUT2D eigenvalue weighted by Crippen LogP contribution is -2.26. The van der Waals surface area contributed by atoms with Crippen LogP contribution in [0.4, 0.5) is 0 Å². The molecule has 134 valence electrons. The monoisotopic (exact) mass is 406 g/mol. The molecule has 26 heavy (non-hydrogen) atoms. The van der Waals surface area contributed by atoms with E-state index < -0.39 is 5.97 Å². The molecule has 1 atom stereocenters. The Hall–Kier alpha value is -1.95. The molecule has 1 unspecified atom stereocenters. The fourth-order valence-corrected chi connectivity index (χ4v) is 3.72. The van der Waals surface area contributed by atoms with Gasteiger partial charge in [-0.3, -0.25) is 0 Å². The third kappa shape index (κ3) is 5.27. The zero-order valence-electron chi connectivity index (χ0n) is 13.7. The summed E-state index contributed by atoms with van der Waals surface area (Å²) in [4.78, 5) is 17.7. The van der Waals surface area contributed by atoms with Crippen LogP contribution in [0.15, 0.2) is 72.1 Å². The Kier molecular flexibility index (Phi) is 6.61. The number of carbonyl (C=O) groups is 1. The SMILES string of the molecule is O=C(OC(CSc1ccccc1)Cn1ccnc1)c1ccc(Cl)cc1Cl. The maximum Gasteiger partial charge on any atom is 0.340 e. The average molecular weight is 407 g/mol. The van der Waals surface area contributed by atoms with Gasteiger partial charge in [-0.1, -0.05) is 41.4 Å². The van der Waals surface area contributed by atoms with Crippen LogP contribution in [0, 0.1) is 0 Å². The van der Waals surface area contributed by atoms with E-state index in [1.165, 1.54) is 6.07 Å². The van der Waals surface area contributed by atoms with Crippen molar-refractivity contribution in [3.05, 3.63) is 82.9 Å². The quantitative estimate of drug-likeness (QED) is 0.399. The molecule has 1 aromatic heterocycles. The van der Waals surface area contributed by atoms with Gasteiger partial charge in [-0.25, -0.2) is 9.78 Å². The van der Waals surface area contributed by atoms with Crippen LogP contribution in [-0.2, 0) is 11.3 Å². The highest BCUT2D eigenvalue weighted by Crippen LogP contribution is 2.24. The average Bonchev–Trinajstić information content (AvgIpc) is 3.13. The molecule has 0 spiro atoms. The Morgan fingerprint density at radius 3 is 2.69 bits per heavy atom. The van der Waals surface area contributed by atoms with Crippen molar-refractivity contribution in [1.82, 2.24) is 9.55 Å². The standard InChI is InChI=1S/C19H16Cl2N2O2S/c20-14-6-7-17(18(21)10-14)19(24)25-15(11-23-9-8-22-13-23)12-26-16-4-2-1-3-5-16/h1-10,13,15H,11-12H2. The van der Waals surface area contributed by atoms with E-state index in [2.05, 4.69) is 4.98 Å². The molecule has 0 saturated carbocycles. The molecule has 3 aromatic rings. The van der Waals surface area contributed by atoms with Crippen molar-refractivity contribution in [2.24, 2.45) is 0 Å². The van der Waals surface area contributed by atoms with Crippen LogP contribution in [0.5, 0.6) is 0 Å². The number of aromatic nitrogens is 2. The van der Waals surface area contributed by atoms with E-state index in [0.717, 1.165) is 4.90 Å². The van der Waals surface area contributed by atoms with Crippen LogP contribution in [-0.4, -0.2) is 27.4 Å². The Labute approximate surface area is 166 Å². The van der Waals surface area contributed by atoms with Gasteiger partial charge >= 0.3 is 5.97 Å². The molecule has 7 heteroatoms. The largest absolute Gasteiger partial charge is 0.456 e. The topological polar surface area (TPSA) is 44.1 Å². The molecule has 2 aromatic carbocycles. The van der Waals surface area contributed by atoms with Crippen molar-refractivity contribution in [3.8, 4) is 0 Å². The second kappa shape index (κ2) is 9.12. The van der Waals surface area contributed by atoms with Crippen molar-refractivity contribution in [1.29, 1.82) is 0 Å². The summed E-state index contributed by atoms with van der Waals surface area (Å²) in [7, 11) is 0. The summed E-state index contributed by atoms with van der Waals surface area (Å²) in [6, 6.07) is 14.7. The summed E-state index contributed by atoms with van der Waals surface area (Å²) in [5.74, 6) is 0.143. The number of esters is 1. The first-order valence-electron chi connectivity index (χ1n) is 7.91. The van der Waals surface area contributed by atoms with Gasteiger partial charge in [0, 0.05) is 28.1 Å². The van der Waals surface area contributed by atoms with E-state index >= 15 is 0 Å². The third-order valence-corrected chi connectivity index (χ3v) is 5.27. The van der Waals surface area contributed by atoms with E-state index in [9.17, 15) is 4.79 Å². The second-order valence-electron chi connectivity index (χ2n) is 5.54. The minimum absolute atomic E-state index is 0.277. The van der Waals surface area contributed by atoms with Gasteiger partial charge < -0.3 is 9.30 Å². The molecular formula is C19H16Cl2N2O2S. The summed E-state index contributed by atoms with van der Waals surface area (Å²) in [5.41, 5.74) is 0.302. The highest BCUT2D eigenvalue weighted by atomic mass is 35.5. The van der Waals surface area contributed by atoms with Crippen LogP contribution in [0.3, 0.4) is 0 Å². The number of halogens is 2. The summed E-state index contributed by atoms with van der Waals surface area (Å²) < 4.78 is 7.60. The first kappa shape index (κ1) is 18.8. The Bertz CT molecular complexity index is 857. The van der Waals surface area contributed by atoms with Crippen molar-refractivity contribution < 1.29 is 9.53 Å². The fourth-order valence-electron chi connectivity index (χ4n) is 2.33. The lowest BCUT2D eigenvalue weighted by molar-refractivity contribution is 0.0317. The van der Waals surface area contributed by atoms with E-state index in [4.69, 9.17) is 27.9 Å². The number of nitrogens with zero attached hydrogens (tertiary/aromatic N) is 2. The molecule has 3 rings (SSSR count). The number of imidazole rings is 1. The number of carbonyl (C=O) groups excluding carboxylic acids is 1. The summed E-state index contributed by atoms with van der Waals surface area (Å²) >= 11 is 13.6. The minimum Gasteiger partial charge on any atom is -0.456 e. The summed E-state index contributed by atoms with van der Waals surface area (Å²) in [6.45, 7) is 0.511. The summed E-state index contributed by atoms with van der Waals surface area (Å²) in [6.07, 6.45) is 4.89. The first-order chi connectivity index (χ1) is 12.6. The van der Waals surface area contributed by atoms with Gasteiger partial charge in [0.1, 0.15) is 6.10 Å². The van der Waals surface area contributed by atoms with Gasteiger partial charge in [-0.15, -0.1) is 11.8 Å². The maximum atomic E-state index is 12.5. The molecule has 0 aliphatic carbocycles. The fraction of sp³-hybridized carbons (Fsp3) is 0.158. The van der Waals surface area contributed by atoms with E-state index in [-0.39, 0.29) is 11.1 Å². The first-order valence-corrected chi connectivity index (χ1v) is 9.65. The van der Waals surface area contributed by atoms with E-state index in [0.29, 0.717) is 22.9 Å². The van der Waals surface area contributed by atoms with Crippen LogP contribution in [0.25, 0.3) is 0 Å². The smallest absolute Gasteiger partial charge is 0.340 e. The number of thioether (sulfide) groups is 1. The van der Waals surface area contributed by atoms with Crippen LogP contribution >= 0.6 is 35.0 Å². The highest BCUT2D eigenvalue weighted by molar-refractivity contribution is 7.99. The number of ether oxygens (including phenoxy) is 1. The zero-order valence-corrected chi connectivity index (χ0v) is 16.0. The predicted molar refractivity (Wildman–Crippen MR) is 105 cm³/mol. The number of rotatable bonds is 7. The van der Waals surface area contributed by atoms with Gasteiger partial charge in [0.05, 0.1) is 23.5 Å². The van der Waals surface area contributed by atoms with Crippen molar-refractivity contribution in [2.75, 3.05) is 5.75 Å². The normalized spacial score (nSPS) is 11.9. The predicted octanol–water partition coefficient (Wildman–Crippen LogP) is 5.21. The second-order valence-corrected chi connectivity index (χ2v) is 7.47. The van der Waals surface area contributed by atoms with Crippen molar-refractivity contribution in [3.63, 3.8) is 0 Å². The molecule has 1 heterocycles. The lowest BCUT2D eigenvalue weighted by Gasteiger charge is -2.18. The van der Waals surface area contributed by atoms with Gasteiger partial charge in [0.15, 0.2) is 0 Å². The molecule has 0 bridgehead atoms. The van der Waals surface area contributed by atoms with Crippen LogP contribution in [0.1, 0.15) is 10.4 Å². The van der Waals surface area contributed by atoms with E-state index in [1.54, 1.807) is 36.4 Å². The lowest BCUT2D eigenvalue weighted by atomic mass is 10.2. The van der Waals surface area contributed by atoms with Gasteiger partial charge in [0.25, 0.3) is 0 Å². The minimum atomic E-state index is -0.467. The van der Waals surface area contributed by atoms with Gasteiger partial charge in [-0.2, -0.15) is 0 Å². The van der Waals surface area contributed by atoms with E-state index in [1.807, 2.05) is 41.1 Å². The molecule has 0 aliphatic rings. The van der Waals surface area contributed by atoms with Crippen molar-refractivity contribution >= 4 is 40.9 Å². The number of hydrogen-bond donors (Lipinski definition) is 0. The molecule has 0 radical (unpaired) electrons.